The Morgan fingerprint density at radius 3 is 2.62 bits per heavy atom. The van der Waals surface area contributed by atoms with E-state index in [2.05, 4.69) is 38.1 Å². The lowest BCUT2D eigenvalue weighted by atomic mass is 9.75. The Labute approximate surface area is 99.4 Å². The summed E-state index contributed by atoms with van der Waals surface area (Å²) in [5.74, 6) is 0.761. The number of likely N-dealkylation sites (tertiary alicyclic amines) is 1. The molecule has 0 aromatic heterocycles. The number of hydrogen-bond donors (Lipinski definition) is 0. The highest BCUT2D eigenvalue weighted by atomic mass is 15.1. The second-order valence-corrected chi connectivity index (χ2v) is 5.47. The topological polar surface area (TPSA) is 15.6 Å². The monoisotopic (exact) mass is 220 g/mol. The van der Waals surface area contributed by atoms with Gasteiger partial charge in [0.05, 0.1) is 5.54 Å². The van der Waals surface area contributed by atoms with Crippen LogP contribution < -0.4 is 0 Å². The summed E-state index contributed by atoms with van der Waals surface area (Å²) in [5.41, 5.74) is 1.51. The van der Waals surface area contributed by atoms with Gasteiger partial charge in [-0.1, -0.05) is 19.4 Å². The van der Waals surface area contributed by atoms with Crippen LogP contribution in [0, 0.1) is 5.92 Å². The van der Waals surface area contributed by atoms with Gasteiger partial charge in [0, 0.05) is 6.21 Å². The minimum absolute atomic E-state index is 0.153. The number of rotatable bonds is 3. The van der Waals surface area contributed by atoms with Crippen molar-refractivity contribution in [2.45, 2.75) is 45.1 Å². The molecule has 1 atom stereocenters. The van der Waals surface area contributed by atoms with Crippen LogP contribution in [0.4, 0.5) is 0 Å². The van der Waals surface area contributed by atoms with Crippen LogP contribution in [0.5, 0.6) is 0 Å². The van der Waals surface area contributed by atoms with Crippen molar-refractivity contribution in [2.75, 3.05) is 20.1 Å². The van der Waals surface area contributed by atoms with Crippen molar-refractivity contribution in [3.05, 3.63) is 11.6 Å². The van der Waals surface area contributed by atoms with Gasteiger partial charge in [-0.05, 0) is 57.8 Å². The zero-order chi connectivity index (χ0) is 11.6. The van der Waals surface area contributed by atoms with Gasteiger partial charge in [-0.2, -0.15) is 0 Å². The Morgan fingerprint density at radius 1 is 1.44 bits per heavy atom. The molecule has 2 aliphatic rings. The average molecular weight is 220 g/mol. The summed E-state index contributed by atoms with van der Waals surface area (Å²) >= 11 is 0. The molecule has 0 aromatic carbocycles. The fraction of sp³-hybridized carbons (Fsp3) is 0.786. The van der Waals surface area contributed by atoms with E-state index in [9.17, 15) is 0 Å². The summed E-state index contributed by atoms with van der Waals surface area (Å²) < 4.78 is 0. The molecule has 2 rings (SSSR count). The van der Waals surface area contributed by atoms with Crippen LogP contribution in [-0.2, 0) is 0 Å². The smallest absolute Gasteiger partial charge is 0.0822 e. The minimum atomic E-state index is 0.153. The molecule has 0 amide bonds. The number of allylic oxidation sites excluding steroid dienone is 1. The fourth-order valence-electron chi connectivity index (χ4n) is 3.16. The van der Waals surface area contributed by atoms with Crippen molar-refractivity contribution in [3.63, 3.8) is 0 Å². The predicted molar refractivity (Wildman–Crippen MR) is 70.1 cm³/mol. The molecule has 0 N–H and O–H groups in total. The van der Waals surface area contributed by atoms with E-state index in [0.717, 1.165) is 5.92 Å². The van der Waals surface area contributed by atoms with E-state index < -0.39 is 0 Å². The Bertz CT molecular complexity index is 298. The third-order valence-electron chi connectivity index (χ3n) is 4.06. The van der Waals surface area contributed by atoms with Crippen molar-refractivity contribution in [1.82, 2.24) is 4.90 Å². The first kappa shape index (κ1) is 11.8. The molecule has 2 heteroatoms. The maximum atomic E-state index is 4.85. The Balaban J connectivity index is 2.12. The van der Waals surface area contributed by atoms with Gasteiger partial charge in [0.25, 0.3) is 0 Å². The molecule has 0 aliphatic carbocycles. The Hall–Kier alpha value is -0.630. The largest absolute Gasteiger partial charge is 0.306 e. The summed E-state index contributed by atoms with van der Waals surface area (Å²) in [5, 5.41) is 0. The van der Waals surface area contributed by atoms with Crippen LogP contribution in [-0.4, -0.2) is 36.8 Å². The van der Waals surface area contributed by atoms with E-state index in [1.165, 1.54) is 44.3 Å². The summed E-state index contributed by atoms with van der Waals surface area (Å²) in [7, 11) is 2.22. The normalized spacial score (nSPS) is 32.1. The molecule has 2 heterocycles. The SMILES string of the molecule is CCCC1(C2CCN(C)CC2)C=C(C)C=N1. The second kappa shape index (κ2) is 4.70. The number of hydrogen-bond acceptors (Lipinski definition) is 2. The second-order valence-electron chi connectivity index (χ2n) is 5.47. The highest BCUT2D eigenvalue weighted by molar-refractivity contribution is 5.81. The molecular formula is C14H24N2. The zero-order valence-electron chi connectivity index (χ0n) is 10.9. The van der Waals surface area contributed by atoms with E-state index in [4.69, 9.17) is 4.99 Å². The molecular weight excluding hydrogens is 196 g/mol. The molecule has 90 valence electrons. The highest BCUT2D eigenvalue weighted by Crippen LogP contribution is 2.39. The molecule has 0 aromatic rings. The van der Waals surface area contributed by atoms with Crippen LogP contribution in [0.2, 0.25) is 0 Å². The van der Waals surface area contributed by atoms with E-state index in [-0.39, 0.29) is 5.54 Å². The average Bonchev–Trinajstić information content (AvgIpc) is 2.63. The van der Waals surface area contributed by atoms with Crippen molar-refractivity contribution >= 4 is 6.21 Å². The molecule has 16 heavy (non-hydrogen) atoms. The van der Waals surface area contributed by atoms with Gasteiger partial charge in [0.15, 0.2) is 0 Å². The minimum Gasteiger partial charge on any atom is -0.306 e. The van der Waals surface area contributed by atoms with Gasteiger partial charge in [-0.25, -0.2) is 0 Å². The first-order valence-electron chi connectivity index (χ1n) is 6.59. The number of aliphatic imine (C=N–C) groups is 1. The fourth-order valence-corrected chi connectivity index (χ4v) is 3.16. The van der Waals surface area contributed by atoms with Crippen molar-refractivity contribution in [3.8, 4) is 0 Å². The van der Waals surface area contributed by atoms with Crippen LogP contribution >= 0.6 is 0 Å². The zero-order valence-corrected chi connectivity index (χ0v) is 10.9. The van der Waals surface area contributed by atoms with E-state index in [1.807, 2.05) is 0 Å². The molecule has 2 nitrogen and oxygen atoms in total. The lowest BCUT2D eigenvalue weighted by molar-refractivity contribution is 0.167. The first-order chi connectivity index (χ1) is 7.66. The van der Waals surface area contributed by atoms with Crippen LogP contribution in [0.3, 0.4) is 0 Å². The van der Waals surface area contributed by atoms with Crippen molar-refractivity contribution in [2.24, 2.45) is 10.9 Å². The lowest BCUT2D eigenvalue weighted by Crippen LogP contribution is -2.41. The molecule has 2 aliphatic heterocycles. The van der Waals surface area contributed by atoms with E-state index in [1.54, 1.807) is 0 Å². The summed E-state index contributed by atoms with van der Waals surface area (Å²) in [6.07, 6.45) is 9.55. The van der Waals surface area contributed by atoms with Crippen molar-refractivity contribution < 1.29 is 0 Å². The van der Waals surface area contributed by atoms with Crippen LogP contribution in [0.25, 0.3) is 0 Å². The van der Waals surface area contributed by atoms with Gasteiger partial charge in [0.2, 0.25) is 0 Å². The summed E-state index contributed by atoms with van der Waals surface area (Å²) in [4.78, 5) is 7.29. The summed E-state index contributed by atoms with van der Waals surface area (Å²) in [6.45, 7) is 6.92. The van der Waals surface area contributed by atoms with E-state index >= 15 is 0 Å². The van der Waals surface area contributed by atoms with Gasteiger partial charge in [0.1, 0.15) is 0 Å². The highest BCUT2D eigenvalue weighted by Gasteiger charge is 2.38. The molecule has 1 unspecified atom stereocenters. The van der Waals surface area contributed by atoms with Gasteiger partial charge >= 0.3 is 0 Å². The quantitative estimate of drug-likeness (QED) is 0.714. The Morgan fingerprint density at radius 2 is 2.12 bits per heavy atom. The molecule has 0 radical (unpaired) electrons. The molecule has 0 bridgehead atoms. The first-order valence-corrected chi connectivity index (χ1v) is 6.59. The van der Waals surface area contributed by atoms with Gasteiger partial charge in [-0.3, -0.25) is 4.99 Å². The summed E-state index contributed by atoms with van der Waals surface area (Å²) in [6, 6.07) is 0. The molecule has 0 saturated carbocycles. The van der Waals surface area contributed by atoms with E-state index in [0.29, 0.717) is 0 Å². The van der Waals surface area contributed by atoms with Crippen LogP contribution in [0.15, 0.2) is 16.6 Å². The number of piperidine rings is 1. The number of nitrogens with zero attached hydrogens (tertiary/aromatic N) is 2. The molecule has 0 spiro atoms. The maximum Gasteiger partial charge on any atom is 0.0822 e. The third-order valence-corrected chi connectivity index (χ3v) is 4.06. The van der Waals surface area contributed by atoms with Crippen molar-refractivity contribution in [1.29, 1.82) is 0 Å². The van der Waals surface area contributed by atoms with Crippen LogP contribution in [0.1, 0.15) is 39.5 Å². The molecule has 1 saturated heterocycles. The molecule has 1 fully saturated rings. The third kappa shape index (κ3) is 2.22. The van der Waals surface area contributed by atoms with Gasteiger partial charge < -0.3 is 4.90 Å². The van der Waals surface area contributed by atoms with Gasteiger partial charge in [-0.15, -0.1) is 0 Å². The predicted octanol–water partition coefficient (Wildman–Crippen LogP) is 2.90. The standard InChI is InChI=1S/C14H24N2/c1-4-7-14(10-12(2)11-15-14)13-5-8-16(3)9-6-13/h10-11,13H,4-9H2,1-3H3. The maximum absolute atomic E-state index is 4.85. The Kier molecular flexibility index (Phi) is 3.48. The lowest BCUT2D eigenvalue weighted by Gasteiger charge is -2.39.